The van der Waals surface area contributed by atoms with Gasteiger partial charge in [0.15, 0.2) is 6.10 Å². The molecule has 0 aromatic rings. The Labute approximate surface area is 79.4 Å². The number of carbonyl (C=O) groups is 1. The minimum absolute atomic E-state index is 0.149. The number of carbonyl (C=O) groups excluding carboxylic acids is 1. The summed E-state index contributed by atoms with van der Waals surface area (Å²) in [6, 6.07) is 0. The highest BCUT2D eigenvalue weighted by atomic mass is 16.6. The molecule has 0 rings (SSSR count). The first kappa shape index (κ1) is 12.4. The summed E-state index contributed by atoms with van der Waals surface area (Å²) in [6.07, 6.45) is -0.653. The van der Waals surface area contributed by atoms with Crippen LogP contribution in [0.1, 0.15) is 27.7 Å². The third-order valence-electron chi connectivity index (χ3n) is 1.26. The Hall–Kier alpha value is -0.610. The molecule has 0 aromatic heterocycles. The molecule has 0 spiro atoms. The first-order chi connectivity index (χ1) is 5.90. The van der Waals surface area contributed by atoms with Gasteiger partial charge >= 0.3 is 5.97 Å². The van der Waals surface area contributed by atoms with Gasteiger partial charge < -0.3 is 15.2 Å². The molecule has 2 N–H and O–H groups in total. The van der Waals surface area contributed by atoms with Crippen molar-refractivity contribution in [2.45, 2.75) is 39.4 Å². The van der Waals surface area contributed by atoms with Crippen molar-refractivity contribution < 1.29 is 14.3 Å². The number of esters is 1. The lowest BCUT2D eigenvalue weighted by Gasteiger charge is -2.25. The summed E-state index contributed by atoms with van der Waals surface area (Å²) < 4.78 is 10.2. The average Bonchev–Trinajstić information content (AvgIpc) is 1.99. The van der Waals surface area contributed by atoms with Gasteiger partial charge in [0.05, 0.1) is 12.2 Å². The van der Waals surface area contributed by atoms with Crippen LogP contribution in [0.3, 0.4) is 0 Å². The first-order valence-electron chi connectivity index (χ1n) is 4.45. The lowest BCUT2D eigenvalue weighted by atomic mass is 10.2. The Morgan fingerprint density at radius 1 is 1.46 bits per heavy atom. The SMILES string of the molecule is CCOC(=O)C(CN)OC(C)(C)C. The van der Waals surface area contributed by atoms with Crippen molar-refractivity contribution in [1.82, 2.24) is 0 Å². The second kappa shape index (κ2) is 5.19. The molecule has 0 amide bonds. The predicted molar refractivity (Wildman–Crippen MR) is 50.3 cm³/mol. The number of ether oxygens (including phenoxy) is 2. The van der Waals surface area contributed by atoms with Crippen LogP contribution in [0.15, 0.2) is 0 Å². The first-order valence-corrected chi connectivity index (χ1v) is 4.45. The quantitative estimate of drug-likeness (QED) is 0.661. The largest absolute Gasteiger partial charge is 0.464 e. The van der Waals surface area contributed by atoms with E-state index < -0.39 is 6.10 Å². The van der Waals surface area contributed by atoms with E-state index in [0.29, 0.717) is 6.61 Å². The molecule has 0 aromatic carbocycles. The predicted octanol–water partition coefficient (Wildman–Crippen LogP) is 0.692. The Morgan fingerprint density at radius 2 is 2.00 bits per heavy atom. The smallest absolute Gasteiger partial charge is 0.336 e. The maximum absolute atomic E-state index is 11.2. The van der Waals surface area contributed by atoms with Gasteiger partial charge in [0.2, 0.25) is 0 Å². The van der Waals surface area contributed by atoms with Gasteiger partial charge in [0.25, 0.3) is 0 Å². The van der Waals surface area contributed by atoms with Crippen LogP contribution < -0.4 is 5.73 Å². The molecule has 0 fully saturated rings. The number of nitrogens with two attached hydrogens (primary N) is 1. The van der Waals surface area contributed by atoms with Gasteiger partial charge in [-0.2, -0.15) is 0 Å². The molecule has 1 unspecified atom stereocenters. The van der Waals surface area contributed by atoms with Crippen molar-refractivity contribution in [3.63, 3.8) is 0 Å². The number of hydrogen-bond acceptors (Lipinski definition) is 4. The molecule has 13 heavy (non-hydrogen) atoms. The highest BCUT2D eigenvalue weighted by Gasteiger charge is 2.24. The average molecular weight is 189 g/mol. The molecular weight excluding hydrogens is 170 g/mol. The summed E-state index contributed by atoms with van der Waals surface area (Å²) in [6.45, 7) is 7.86. The van der Waals surface area contributed by atoms with Crippen molar-refractivity contribution in [3.8, 4) is 0 Å². The van der Waals surface area contributed by atoms with Crippen LogP contribution in [-0.4, -0.2) is 30.8 Å². The van der Waals surface area contributed by atoms with Crippen LogP contribution in [0.25, 0.3) is 0 Å². The topological polar surface area (TPSA) is 61.5 Å². The van der Waals surface area contributed by atoms with Gasteiger partial charge in [-0.05, 0) is 27.7 Å². The third kappa shape index (κ3) is 5.60. The highest BCUT2D eigenvalue weighted by Crippen LogP contribution is 2.11. The van der Waals surface area contributed by atoms with Gasteiger partial charge in [0.1, 0.15) is 0 Å². The number of rotatable bonds is 4. The van der Waals surface area contributed by atoms with Gasteiger partial charge in [0, 0.05) is 6.54 Å². The minimum Gasteiger partial charge on any atom is -0.464 e. The lowest BCUT2D eigenvalue weighted by Crippen LogP contribution is -2.39. The van der Waals surface area contributed by atoms with E-state index >= 15 is 0 Å². The molecule has 0 bridgehead atoms. The maximum Gasteiger partial charge on any atom is 0.336 e. The zero-order valence-electron chi connectivity index (χ0n) is 8.79. The van der Waals surface area contributed by atoms with Crippen molar-refractivity contribution >= 4 is 5.97 Å². The fraction of sp³-hybridized carbons (Fsp3) is 0.889. The van der Waals surface area contributed by atoms with Crippen LogP contribution in [0.4, 0.5) is 0 Å². The summed E-state index contributed by atoms with van der Waals surface area (Å²) in [5.41, 5.74) is 5.01. The third-order valence-corrected chi connectivity index (χ3v) is 1.26. The van der Waals surface area contributed by atoms with Gasteiger partial charge in [-0.15, -0.1) is 0 Å². The van der Waals surface area contributed by atoms with E-state index in [-0.39, 0.29) is 18.1 Å². The molecule has 0 aliphatic heterocycles. The second-order valence-electron chi connectivity index (χ2n) is 3.71. The van der Waals surface area contributed by atoms with E-state index in [2.05, 4.69) is 0 Å². The Morgan fingerprint density at radius 3 is 2.31 bits per heavy atom. The van der Waals surface area contributed by atoms with E-state index in [9.17, 15) is 4.79 Å². The minimum atomic E-state index is -0.653. The highest BCUT2D eigenvalue weighted by molar-refractivity contribution is 5.75. The fourth-order valence-corrected chi connectivity index (χ4v) is 0.854. The van der Waals surface area contributed by atoms with Crippen LogP contribution in [0.2, 0.25) is 0 Å². The molecule has 78 valence electrons. The summed E-state index contributed by atoms with van der Waals surface area (Å²) in [5.74, 6) is -0.389. The van der Waals surface area contributed by atoms with Crippen LogP contribution in [0, 0.1) is 0 Å². The fourth-order valence-electron chi connectivity index (χ4n) is 0.854. The Kier molecular flexibility index (Phi) is 4.95. The summed E-state index contributed by atoms with van der Waals surface area (Å²) in [7, 11) is 0. The summed E-state index contributed by atoms with van der Waals surface area (Å²) in [5, 5.41) is 0. The molecule has 0 radical (unpaired) electrons. The van der Waals surface area contributed by atoms with Crippen LogP contribution in [0.5, 0.6) is 0 Å². The van der Waals surface area contributed by atoms with Gasteiger partial charge in [-0.3, -0.25) is 0 Å². The normalized spacial score (nSPS) is 13.9. The standard InChI is InChI=1S/C9H19NO3/c1-5-12-8(11)7(6-10)13-9(2,3)4/h7H,5-6,10H2,1-4H3. The molecular formula is C9H19NO3. The summed E-state index contributed by atoms with van der Waals surface area (Å²) in [4.78, 5) is 11.2. The summed E-state index contributed by atoms with van der Waals surface area (Å²) >= 11 is 0. The Balaban J connectivity index is 4.10. The molecule has 4 nitrogen and oxygen atoms in total. The molecule has 0 heterocycles. The van der Waals surface area contributed by atoms with Crippen LogP contribution in [-0.2, 0) is 14.3 Å². The van der Waals surface area contributed by atoms with Crippen LogP contribution >= 0.6 is 0 Å². The lowest BCUT2D eigenvalue weighted by molar-refractivity contribution is -0.164. The monoisotopic (exact) mass is 189 g/mol. The number of hydrogen-bond donors (Lipinski definition) is 1. The second-order valence-corrected chi connectivity index (χ2v) is 3.71. The van der Waals surface area contributed by atoms with Gasteiger partial charge in [-0.25, -0.2) is 4.79 Å². The molecule has 0 aliphatic carbocycles. The van der Waals surface area contributed by atoms with E-state index in [1.165, 1.54) is 0 Å². The van der Waals surface area contributed by atoms with E-state index in [1.54, 1.807) is 6.92 Å². The molecule has 0 saturated heterocycles. The Bertz CT molecular complexity index is 163. The van der Waals surface area contributed by atoms with Gasteiger partial charge in [-0.1, -0.05) is 0 Å². The zero-order chi connectivity index (χ0) is 10.5. The van der Waals surface area contributed by atoms with E-state index in [1.807, 2.05) is 20.8 Å². The molecule has 0 saturated carbocycles. The molecule has 4 heteroatoms. The zero-order valence-corrected chi connectivity index (χ0v) is 8.79. The van der Waals surface area contributed by atoms with E-state index in [0.717, 1.165) is 0 Å². The van der Waals surface area contributed by atoms with Crippen molar-refractivity contribution in [2.75, 3.05) is 13.2 Å². The van der Waals surface area contributed by atoms with Crippen molar-refractivity contribution in [1.29, 1.82) is 0 Å². The molecule has 0 aliphatic rings. The maximum atomic E-state index is 11.2. The van der Waals surface area contributed by atoms with Crippen molar-refractivity contribution in [3.05, 3.63) is 0 Å². The molecule has 1 atom stereocenters. The van der Waals surface area contributed by atoms with Crippen molar-refractivity contribution in [2.24, 2.45) is 5.73 Å². The van der Waals surface area contributed by atoms with E-state index in [4.69, 9.17) is 15.2 Å².